The minimum Gasteiger partial charge on any atom is -0.456 e. The molecule has 12 aromatic rings. The number of rotatable bonds is 7. The molecular formula is C60H39NO. The van der Waals surface area contributed by atoms with Crippen LogP contribution < -0.4 is 4.90 Å². The number of para-hydroxylation sites is 1. The standard InChI is InChI=1S/C60H39NO/c1-2-11-46-37-48(25-23-40(46)9-1)43-27-32-51(33-28-43)61(52-34-29-45(30-35-52)56-16-8-18-59-60(56)57-15-5-6-17-58(57)62-59)53-13-7-12-47(39-53)41-19-21-42(22-20-41)49-31-36-55-50(38-49)26-24-44-10-3-4-14-54(44)55/h1-39H. The first-order valence-electron chi connectivity index (χ1n) is 21.2. The molecule has 0 fully saturated rings. The number of hydrogen-bond donors (Lipinski definition) is 0. The quantitative estimate of drug-likeness (QED) is 0.150. The van der Waals surface area contributed by atoms with Crippen molar-refractivity contribution in [2.45, 2.75) is 0 Å². The molecule has 0 radical (unpaired) electrons. The van der Waals surface area contributed by atoms with Gasteiger partial charge >= 0.3 is 0 Å². The first-order chi connectivity index (χ1) is 30.7. The van der Waals surface area contributed by atoms with Crippen LogP contribution in [-0.2, 0) is 0 Å². The van der Waals surface area contributed by atoms with E-state index in [2.05, 4.69) is 229 Å². The van der Waals surface area contributed by atoms with Crippen LogP contribution in [0.25, 0.3) is 98.8 Å². The third-order valence-electron chi connectivity index (χ3n) is 12.4. The summed E-state index contributed by atoms with van der Waals surface area (Å²) in [6.07, 6.45) is 0. The van der Waals surface area contributed by atoms with E-state index >= 15 is 0 Å². The molecule has 290 valence electrons. The molecule has 2 heteroatoms. The molecule has 62 heavy (non-hydrogen) atoms. The Morgan fingerprint density at radius 1 is 0.258 bits per heavy atom. The van der Waals surface area contributed by atoms with Crippen LogP contribution in [-0.4, -0.2) is 0 Å². The van der Waals surface area contributed by atoms with Gasteiger partial charge in [0.15, 0.2) is 0 Å². The Balaban J connectivity index is 0.910. The number of furan rings is 1. The van der Waals surface area contributed by atoms with Gasteiger partial charge in [0.25, 0.3) is 0 Å². The molecule has 0 saturated heterocycles. The highest BCUT2D eigenvalue weighted by Gasteiger charge is 2.17. The van der Waals surface area contributed by atoms with Gasteiger partial charge in [0.1, 0.15) is 11.2 Å². The maximum absolute atomic E-state index is 6.25. The molecule has 0 aliphatic rings. The van der Waals surface area contributed by atoms with Gasteiger partial charge in [-0.05, 0) is 137 Å². The summed E-state index contributed by atoms with van der Waals surface area (Å²) in [5, 5.41) is 9.86. The molecule has 1 heterocycles. The molecule has 2 nitrogen and oxygen atoms in total. The summed E-state index contributed by atoms with van der Waals surface area (Å²) in [6, 6.07) is 85.5. The van der Waals surface area contributed by atoms with Crippen molar-refractivity contribution >= 4 is 71.3 Å². The molecule has 0 N–H and O–H groups in total. The molecule has 0 unspecified atom stereocenters. The number of fused-ring (bicyclic) bond motifs is 7. The molecule has 0 saturated carbocycles. The van der Waals surface area contributed by atoms with Gasteiger partial charge in [-0.15, -0.1) is 0 Å². The van der Waals surface area contributed by atoms with Crippen molar-refractivity contribution in [2.24, 2.45) is 0 Å². The Labute approximate surface area is 360 Å². The maximum Gasteiger partial charge on any atom is 0.136 e. The number of hydrogen-bond acceptors (Lipinski definition) is 2. The van der Waals surface area contributed by atoms with Crippen LogP contribution in [0.15, 0.2) is 241 Å². The van der Waals surface area contributed by atoms with Crippen LogP contribution in [0.1, 0.15) is 0 Å². The summed E-state index contributed by atoms with van der Waals surface area (Å²) in [4.78, 5) is 2.36. The lowest BCUT2D eigenvalue weighted by atomic mass is 9.96. The molecule has 12 rings (SSSR count). The minimum atomic E-state index is 0.900. The van der Waals surface area contributed by atoms with Crippen molar-refractivity contribution < 1.29 is 4.42 Å². The Hall–Kier alpha value is -8.20. The van der Waals surface area contributed by atoms with E-state index in [9.17, 15) is 0 Å². The van der Waals surface area contributed by atoms with Gasteiger partial charge in [0, 0.05) is 27.8 Å². The second kappa shape index (κ2) is 14.8. The van der Waals surface area contributed by atoms with Crippen molar-refractivity contribution in [1.29, 1.82) is 0 Å². The van der Waals surface area contributed by atoms with E-state index < -0.39 is 0 Å². The van der Waals surface area contributed by atoms with Gasteiger partial charge in [0.2, 0.25) is 0 Å². The molecule has 0 bridgehead atoms. The van der Waals surface area contributed by atoms with Crippen LogP contribution in [0.2, 0.25) is 0 Å². The Kier molecular flexibility index (Phi) is 8.53. The van der Waals surface area contributed by atoms with E-state index in [1.54, 1.807) is 0 Å². The number of benzene rings is 11. The third-order valence-corrected chi connectivity index (χ3v) is 12.4. The van der Waals surface area contributed by atoms with Crippen LogP contribution in [0, 0.1) is 0 Å². The predicted octanol–water partition coefficient (Wildman–Crippen LogP) is 17.2. The second-order valence-corrected chi connectivity index (χ2v) is 16.1. The van der Waals surface area contributed by atoms with E-state index in [4.69, 9.17) is 4.42 Å². The van der Waals surface area contributed by atoms with Gasteiger partial charge in [-0.25, -0.2) is 0 Å². The van der Waals surface area contributed by atoms with E-state index in [1.165, 1.54) is 60.1 Å². The fraction of sp³-hybridized carbons (Fsp3) is 0. The van der Waals surface area contributed by atoms with Crippen molar-refractivity contribution in [3.63, 3.8) is 0 Å². The van der Waals surface area contributed by atoms with E-state index in [0.717, 1.165) is 55.7 Å². The summed E-state index contributed by atoms with van der Waals surface area (Å²) >= 11 is 0. The Morgan fingerprint density at radius 2 is 0.758 bits per heavy atom. The highest BCUT2D eigenvalue weighted by atomic mass is 16.3. The average molecular weight is 790 g/mol. The zero-order valence-electron chi connectivity index (χ0n) is 33.9. The first-order valence-corrected chi connectivity index (χ1v) is 21.2. The fourth-order valence-corrected chi connectivity index (χ4v) is 9.30. The highest BCUT2D eigenvalue weighted by molar-refractivity contribution is 6.12. The molecule has 0 spiro atoms. The minimum absolute atomic E-state index is 0.900. The van der Waals surface area contributed by atoms with Crippen molar-refractivity contribution in [3.8, 4) is 44.5 Å². The molecule has 0 amide bonds. The lowest BCUT2D eigenvalue weighted by Gasteiger charge is -2.26. The molecule has 0 aliphatic carbocycles. The van der Waals surface area contributed by atoms with Gasteiger partial charge in [0.05, 0.1) is 0 Å². The summed E-state index contributed by atoms with van der Waals surface area (Å²) < 4.78 is 6.25. The molecule has 0 aliphatic heterocycles. The first kappa shape index (κ1) is 35.7. The van der Waals surface area contributed by atoms with Crippen LogP contribution in [0.4, 0.5) is 17.1 Å². The second-order valence-electron chi connectivity index (χ2n) is 16.1. The van der Waals surface area contributed by atoms with E-state index in [1.807, 2.05) is 12.1 Å². The lowest BCUT2D eigenvalue weighted by molar-refractivity contribution is 0.669. The maximum atomic E-state index is 6.25. The predicted molar refractivity (Wildman–Crippen MR) is 263 cm³/mol. The fourth-order valence-electron chi connectivity index (χ4n) is 9.30. The van der Waals surface area contributed by atoms with Gasteiger partial charge in [-0.1, -0.05) is 176 Å². The van der Waals surface area contributed by atoms with Crippen LogP contribution >= 0.6 is 0 Å². The summed E-state index contributed by atoms with van der Waals surface area (Å²) in [7, 11) is 0. The average Bonchev–Trinajstić information content (AvgIpc) is 3.73. The number of anilines is 3. The Morgan fingerprint density at radius 3 is 1.52 bits per heavy atom. The van der Waals surface area contributed by atoms with Crippen molar-refractivity contribution in [2.75, 3.05) is 4.90 Å². The normalized spacial score (nSPS) is 11.5. The molecular weight excluding hydrogens is 751 g/mol. The van der Waals surface area contributed by atoms with Crippen molar-refractivity contribution in [1.82, 2.24) is 0 Å². The van der Waals surface area contributed by atoms with E-state index in [-0.39, 0.29) is 0 Å². The topological polar surface area (TPSA) is 16.4 Å². The largest absolute Gasteiger partial charge is 0.456 e. The zero-order valence-corrected chi connectivity index (χ0v) is 33.9. The van der Waals surface area contributed by atoms with Gasteiger partial charge in [-0.2, -0.15) is 0 Å². The molecule has 1 aromatic heterocycles. The molecule has 11 aromatic carbocycles. The van der Waals surface area contributed by atoms with Gasteiger partial charge in [-0.3, -0.25) is 0 Å². The van der Waals surface area contributed by atoms with Crippen LogP contribution in [0.3, 0.4) is 0 Å². The number of nitrogens with zero attached hydrogens (tertiary/aromatic N) is 1. The monoisotopic (exact) mass is 789 g/mol. The van der Waals surface area contributed by atoms with Crippen LogP contribution in [0.5, 0.6) is 0 Å². The van der Waals surface area contributed by atoms with Crippen molar-refractivity contribution in [3.05, 3.63) is 237 Å². The SMILES string of the molecule is c1cc(-c2ccc(-c3ccc4c(ccc5ccccc54)c3)cc2)cc(N(c2ccc(-c3ccc4ccccc4c3)cc2)c2ccc(-c3cccc4oc5ccccc5c34)cc2)c1. The third kappa shape index (κ3) is 6.29. The summed E-state index contributed by atoms with van der Waals surface area (Å²) in [6.45, 7) is 0. The Bertz CT molecular complexity index is 3620. The van der Waals surface area contributed by atoms with E-state index in [0.29, 0.717) is 0 Å². The highest BCUT2D eigenvalue weighted by Crippen LogP contribution is 2.41. The van der Waals surface area contributed by atoms with Gasteiger partial charge < -0.3 is 9.32 Å². The molecule has 0 atom stereocenters. The summed E-state index contributed by atoms with van der Waals surface area (Å²) in [5.41, 5.74) is 14.5. The smallest absolute Gasteiger partial charge is 0.136 e. The lowest BCUT2D eigenvalue weighted by Crippen LogP contribution is -2.10. The summed E-state index contributed by atoms with van der Waals surface area (Å²) in [5.74, 6) is 0. The zero-order chi connectivity index (χ0) is 41.0.